The van der Waals surface area contributed by atoms with Crippen LogP contribution in [0.15, 0.2) is 24.3 Å². The highest BCUT2D eigenvalue weighted by molar-refractivity contribution is 7.98. The molecule has 0 saturated carbocycles. The van der Waals surface area contributed by atoms with Gasteiger partial charge < -0.3 is 11.1 Å². The zero-order chi connectivity index (χ0) is 14.1. The first-order valence-corrected chi connectivity index (χ1v) is 8.10. The van der Waals surface area contributed by atoms with Crippen LogP contribution in [0.3, 0.4) is 0 Å². The number of rotatable bonds is 8. The predicted molar refractivity (Wildman–Crippen MR) is 83.5 cm³/mol. The Labute approximate surface area is 120 Å². The fourth-order valence-corrected chi connectivity index (χ4v) is 2.26. The highest BCUT2D eigenvalue weighted by Gasteiger charge is 2.11. The maximum atomic E-state index is 11.7. The summed E-state index contributed by atoms with van der Waals surface area (Å²) in [6.07, 6.45) is 4.70. The van der Waals surface area contributed by atoms with E-state index in [0.29, 0.717) is 6.54 Å². The van der Waals surface area contributed by atoms with Gasteiger partial charge in [-0.2, -0.15) is 11.8 Å². The molecule has 3 N–H and O–H groups in total. The Hall–Kier alpha value is -1.00. The fourth-order valence-electron chi connectivity index (χ4n) is 1.77. The van der Waals surface area contributed by atoms with Crippen molar-refractivity contribution in [3.63, 3.8) is 0 Å². The molecule has 1 amide bonds. The first kappa shape index (κ1) is 16.1. The molecule has 0 saturated heterocycles. The molecule has 0 aliphatic carbocycles. The van der Waals surface area contributed by atoms with Gasteiger partial charge in [-0.25, -0.2) is 0 Å². The lowest BCUT2D eigenvalue weighted by Crippen LogP contribution is -2.41. The molecule has 0 spiro atoms. The summed E-state index contributed by atoms with van der Waals surface area (Å²) in [4.78, 5) is 11.7. The van der Waals surface area contributed by atoms with Crippen molar-refractivity contribution in [2.24, 2.45) is 5.73 Å². The standard InChI is InChI=1S/C15H24N2OS/c1-12-5-7-13(8-6-12)4-3-10-17-15(18)14(16)9-11-19-2/h5-8,14H,3-4,9-11,16H2,1-2H3,(H,17,18)/t14-/m0/s1. The van der Waals surface area contributed by atoms with Gasteiger partial charge in [-0.15, -0.1) is 0 Å². The van der Waals surface area contributed by atoms with E-state index in [1.807, 2.05) is 6.26 Å². The van der Waals surface area contributed by atoms with Crippen molar-refractivity contribution in [3.05, 3.63) is 35.4 Å². The molecule has 0 aliphatic rings. The first-order valence-electron chi connectivity index (χ1n) is 6.71. The lowest BCUT2D eigenvalue weighted by atomic mass is 10.1. The van der Waals surface area contributed by atoms with Crippen molar-refractivity contribution in [2.45, 2.75) is 32.2 Å². The number of aryl methyl sites for hydroxylation is 2. The van der Waals surface area contributed by atoms with Crippen molar-refractivity contribution >= 4 is 17.7 Å². The average Bonchev–Trinajstić information content (AvgIpc) is 2.42. The van der Waals surface area contributed by atoms with Gasteiger partial charge in [0.05, 0.1) is 6.04 Å². The monoisotopic (exact) mass is 280 g/mol. The molecule has 19 heavy (non-hydrogen) atoms. The number of hydrogen-bond acceptors (Lipinski definition) is 3. The quantitative estimate of drug-likeness (QED) is 0.717. The maximum Gasteiger partial charge on any atom is 0.236 e. The molecule has 0 fully saturated rings. The molecular weight excluding hydrogens is 256 g/mol. The second-order valence-corrected chi connectivity index (χ2v) is 5.75. The number of thioether (sulfide) groups is 1. The van der Waals surface area contributed by atoms with Gasteiger partial charge in [0.1, 0.15) is 0 Å². The largest absolute Gasteiger partial charge is 0.355 e. The second-order valence-electron chi connectivity index (χ2n) is 4.77. The Balaban J connectivity index is 2.16. The lowest BCUT2D eigenvalue weighted by Gasteiger charge is -2.11. The van der Waals surface area contributed by atoms with Crippen molar-refractivity contribution in [3.8, 4) is 0 Å². The molecule has 0 aromatic heterocycles. The summed E-state index contributed by atoms with van der Waals surface area (Å²) in [5.41, 5.74) is 8.37. The molecule has 0 heterocycles. The zero-order valence-corrected chi connectivity index (χ0v) is 12.6. The Morgan fingerprint density at radius 3 is 2.68 bits per heavy atom. The van der Waals surface area contributed by atoms with Crippen LogP contribution in [0.5, 0.6) is 0 Å². The van der Waals surface area contributed by atoms with Gasteiger partial charge in [-0.1, -0.05) is 29.8 Å². The molecule has 4 heteroatoms. The molecular formula is C15H24N2OS. The van der Waals surface area contributed by atoms with E-state index in [-0.39, 0.29) is 11.9 Å². The molecule has 1 rings (SSSR count). The summed E-state index contributed by atoms with van der Waals surface area (Å²) in [7, 11) is 0. The van der Waals surface area contributed by atoms with Crippen LogP contribution in [0.1, 0.15) is 24.0 Å². The summed E-state index contributed by atoms with van der Waals surface area (Å²) in [5, 5.41) is 2.90. The average molecular weight is 280 g/mol. The second kappa shape index (κ2) is 8.99. The van der Waals surface area contributed by atoms with E-state index >= 15 is 0 Å². The molecule has 0 radical (unpaired) electrons. The molecule has 1 aromatic rings. The number of amides is 1. The Morgan fingerprint density at radius 1 is 1.37 bits per heavy atom. The van der Waals surface area contributed by atoms with E-state index in [9.17, 15) is 4.79 Å². The third-order valence-corrected chi connectivity index (χ3v) is 3.68. The van der Waals surface area contributed by atoms with Crippen molar-refractivity contribution in [1.29, 1.82) is 0 Å². The van der Waals surface area contributed by atoms with Crippen LogP contribution in [0.2, 0.25) is 0 Å². The summed E-state index contributed by atoms with van der Waals surface area (Å²) in [6, 6.07) is 8.15. The van der Waals surface area contributed by atoms with Crippen LogP contribution in [0.4, 0.5) is 0 Å². The third kappa shape index (κ3) is 6.64. The fraction of sp³-hybridized carbons (Fsp3) is 0.533. The lowest BCUT2D eigenvalue weighted by molar-refractivity contribution is -0.122. The van der Waals surface area contributed by atoms with Crippen molar-refractivity contribution in [2.75, 3.05) is 18.6 Å². The molecule has 106 valence electrons. The number of carbonyl (C=O) groups excluding carboxylic acids is 1. The summed E-state index contributed by atoms with van der Waals surface area (Å²) < 4.78 is 0. The van der Waals surface area contributed by atoms with E-state index in [1.165, 1.54) is 11.1 Å². The van der Waals surface area contributed by atoms with E-state index in [0.717, 1.165) is 25.0 Å². The predicted octanol–water partition coefficient (Wildman–Crippen LogP) is 2.12. The number of nitrogens with two attached hydrogens (primary N) is 1. The van der Waals surface area contributed by atoms with Gasteiger partial charge in [0.25, 0.3) is 0 Å². The minimum Gasteiger partial charge on any atom is -0.355 e. The van der Waals surface area contributed by atoms with E-state index in [4.69, 9.17) is 5.73 Å². The van der Waals surface area contributed by atoms with E-state index in [1.54, 1.807) is 11.8 Å². The summed E-state index contributed by atoms with van der Waals surface area (Å²) in [6.45, 7) is 2.78. The van der Waals surface area contributed by atoms with Gasteiger partial charge in [0.2, 0.25) is 5.91 Å². The van der Waals surface area contributed by atoms with Gasteiger partial charge >= 0.3 is 0 Å². The summed E-state index contributed by atoms with van der Waals surface area (Å²) >= 11 is 1.71. The number of carbonyl (C=O) groups is 1. The van der Waals surface area contributed by atoms with Crippen LogP contribution in [0, 0.1) is 6.92 Å². The number of benzene rings is 1. The third-order valence-electron chi connectivity index (χ3n) is 3.03. The van der Waals surface area contributed by atoms with Crippen LogP contribution in [-0.2, 0) is 11.2 Å². The van der Waals surface area contributed by atoms with Gasteiger partial charge in [-0.3, -0.25) is 4.79 Å². The Morgan fingerprint density at radius 2 is 2.05 bits per heavy atom. The van der Waals surface area contributed by atoms with Crippen molar-refractivity contribution < 1.29 is 4.79 Å². The molecule has 1 atom stereocenters. The first-order chi connectivity index (χ1) is 9.13. The van der Waals surface area contributed by atoms with Gasteiger partial charge in [0.15, 0.2) is 0 Å². The molecule has 0 bridgehead atoms. The van der Waals surface area contributed by atoms with Crippen LogP contribution < -0.4 is 11.1 Å². The summed E-state index contributed by atoms with van der Waals surface area (Å²) in [5.74, 6) is 0.899. The van der Waals surface area contributed by atoms with Gasteiger partial charge in [-0.05, 0) is 43.8 Å². The maximum absolute atomic E-state index is 11.7. The topological polar surface area (TPSA) is 55.1 Å². The Kier molecular flexibility index (Phi) is 7.60. The molecule has 0 unspecified atom stereocenters. The number of hydrogen-bond donors (Lipinski definition) is 2. The van der Waals surface area contributed by atoms with Crippen molar-refractivity contribution in [1.82, 2.24) is 5.32 Å². The molecule has 3 nitrogen and oxygen atoms in total. The zero-order valence-electron chi connectivity index (χ0n) is 11.8. The molecule has 0 aliphatic heterocycles. The van der Waals surface area contributed by atoms with Crippen LogP contribution in [0.25, 0.3) is 0 Å². The Bertz CT molecular complexity index is 378. The minimum absolute atomic E-state index is 0.0297. The highest BCUT2D eigenvalue weighted by Crippen LogP contribution is 2.05. The SMILES string of the molecule is CSCC[C@H](N)C(=O)NCCCc1ccc(C)cc1. The number of nitrogens with one attached hydrogen (secondary N) is 1. The van der Waals surface area contributed by atoms with Crippen LogP contribution >= 0.6 is 11.8 Å². The smallest absolute Gasteiger partial charge is 0.236 e. The highest BCUT2D eigenvalue weighted by atomic mass is 32.2. The normalized spacial score (nSPS) is 12.2. The minimum atomic E-state index is -0.369. The molecule has 1 aromatic carbocycles. The van der Waals surface area contributed by atoms with E-state index < -0.39 is 0 Å². The van der Waals surface area contributed by atoms with Crippen LogP contribution in [-0.4, -0.2) is 30.5 Å². The van der Waals surface area contributed by atoms with Gasteiger partial charge in [0, 0.05) is 6.54 Å². The van der Waals surface area contributed by atoms with E-state index in [2.05, 4.69) is 36.5 Å².